The number of nitrogens with zero attached hydrogens (tertiary/aromatic N) is 3. The average Bonchev–Trinajstić information content (AvgIpc) is 2.86. The van der Waals surface area contributed by atoms with Gasteiger partial charge in [0.1, 0.15) is 6.10 Å². The fraction of sp³-hybridized carbons (Fsp3) is 0.800. The van der Waals surface area contributed by atoms with Crippen molar-refractivity contribution in [1.29, 1.82) is 0 Å². The summed E-state index contributed by atoms with van der Waals surface area (Å²) in [6.07, 6.45) is 3.41. The van der Waals surface area contributed by atoms with Crippen molar-refractivity contribution in [3.05, 3.63) is 5.82 Å². The van der Waals surface area contributed by atoms with Crippen molar-refractivity contribution in [3.8, 4) is 0 Å². The van der Waals surface area contributed by atoms with Gasteiger partial charge in [-0.2, -0.15) is 10.1 Å². The molecule has 0 spiro atoms. The molecule has 3 heterocycles. The molecule has 2 unspecified atom stereocenters. The lowest BCUT2D eigenvalue weighted by atomic mass is 10.2. The summed E-state index contributed by atoms with van der Waals surface area (Å²) in [6.45, 7) is 4.01. The van der Waals surface area contributed by atoms with E-state index >= 15 is 0 Å². The van der Waals surface area contributed by atoms with Crippen LogP contribution in [0.4, 0.5) is 5.95 Å². The number of aromatic nitrogens is 3. The van der Waals surface area contributed by atoms with E-state index in [4.69, 9.17) is 4.74 Å². The summed E-state index contributed by atoms with van der Waals surface area (Å²) in [7, 11) is 0. The lowest BCUT2D eigenvalue weighted by Crippen LogP contribution is -2.21. The zero-order valence-corrected chi connectivity index (χ0v) is 8.94. The fourth-order valence-electron chi connectivity index (χ4n) is 2.20. The summed E-state index contributed by atoms with van der Waals surface area (Å²) >= 11 is 0. The third-order valence-electron chi connectivity index (χ3n) is 3.13. The standard InChI is InChI=1S/C10H16N4O/c1-7-4-5-11-10-12-9(13-14(7)10)8-3-2-6-15-8/h7-8H,2-6H2,1H3,(H,11,12,13). The summed E-state index contributed by atoms with van der Waals surface area (Å²) in [4.78, 5) is 4.50. The number of anilines is 1. The van der Waals surface area contributed by atoms with E-state index in [9.17, 15) is 0 Å². The van der Waals surface area contributed by atoms with Gasteiger partial charge < -0.3 is 10.1 Å². The minimum atomic E-state index is 0.122. The summed E-state index contributed by atoms with van der Waals surface area (Å²) in [5.74, 6) is 1.75. The molecule has 0 radical (unpaired) electrons. The van der Waals surface area contributed by atoms with Crippen LogP contribution in [-0.2, 0) is 4.74 Å². The van der Waals surface area contributed by atoms with Gasteiger partial charge in [0, 0.05) is 13.2 Å². The Kier molecular flexibility index (Phi) is 2.12. The Bertz CT molecular complexity index is 356. The van der Waals surface area contributed by atoms with Gasteiger partial charge in [0.15, 0.2) is 5.82 Å². The smallest absolute Gasteiger partial charge is 0.221 e. The van der Waals surface area contributed by atoms with Crippen LogP contribution in [0.1, 0.15) is 44.2 Å². The van der Waals surface area contributed by atoms with Gasteiger partial charge in [0.2, 0.25) is 5.95 Å². The highest BCUT2D eigenvalue weighted by Crippen LogP contribution is 2.29. The summed E-state index contributed by atoms with van der Waals surface area (Å²) < 4.78 is 7.57. The zero-order valence-electron chi connectivity index (χ0n) is 8.94. The van der Waals surface area contributed by atoms with Crippen LogP contribution < -0.4 is 5.32 Å². The summed E-state index contributed by atoms with van der Waals surface area (Å²) in [5, 5.41) is 7.80. The van der Waals surface area contributed by atoms with E-state index in [0.717, 1.165) is 44.2 Å². The van der Waals surface area contributed by atoms with Gasteiger partial charge in [-0.05, 0) is 26.2 Å². The van der Waals surface area contributed by atoms with Crippen molar-refractivity contribution in [2.24, 2.45) is 0 Å². The first kappa shape index (κ1) is 9.15. The molecule has 0 amide bonds. The van der Waals surface area contributed by atoms with E-state index < -0.39 is 0 Å². The van der Waals surface area contributed by atoms with Gasteiger partial charge in [-0.3, -0.25) is 0 Å². The van der Waals surface area contributed by atoms with Crippen LogP contribution in [0.2, 0.25) is 0 Å². The average molecular weight is 208 g/mol. The molecule has 2 atom stereocenters. The van der Waals surface area contributed by atoms with Gasteiger partial charge in [-0.15, -0.1) is 0 Å². The van der Waals surface area contributed by atoms with Crippen molar-refractivity contribution < 1.29 is 4.74 Å². The van der Waals surface area contributed by atoms with Crippen LogP contribution >= 0.6 is 0 Å². The highest BCUT2D eigenvalue weighted by Gasteiger charge is 2.26. The Labute approximate surface area is 88.8 Å². The molecule has 2 aliphatic rings. The lowest BCUT2D eigenvalue weighted by Gasteiger charge is -2.20. The molecule has 0 aromatic carbocycles. The first-order valence-electron chi connectivity index (χ1n) is 5.66. The maximum Gasteiger partial charge on any atom is 0.221 e. The molecule has 82 valence electrons. The molecule has 1 aromatic rings. The molecule has 5 nitrogen and oxygen atoms in total. The van der Waals surface area contributed by atoms with E-state index in [2.05, 4.69) is 22.3 Å². The van der Waals surface area contributed by atoms with Gasteiger partial charge in [0.25, 0.3) is 0 Å². The fourth-order valence-corrected chi connectivity index (χ4v) is 2.20. The molecule has 0 saturated carbocycles. The topological polar surface area (TPSA) is 52.0 Å². The van der Waals surface area contributed by atoms with Crippen LogP contribution in [0.3, 0.4) is 0 Å². The molecule has 1 saturated heterocycles. The number of rotatable bonds is 1. The Morgan fingerprint density at radius 1 is 1.47 bits per heavy atom. The summed E-state index contributed by atoms with van der Waals surface area (Å²) in [6, 6.07) is 0.448. The highest BCUT2D eigenvalue weighted by atomic mass is 16.5. The quantitative estimate of drug-likeness (QED) is 0.760. The molecular formula is C10H16N4O. The summed E-state index contributed by atoms with van der Waals surface area (Å²) in [5.41, 5.74) is 0. The SMILES string of the molecule is CC1CCNc2nc(C3CCCO3)nn21. The molecule has 15 heavy (non-hydrogen) atoms. The molecule has 5 heteroatoms. The predicted molar refractivity (Wildman–Crippen MR) is 55.8 cm³/mol. The van der Waals surface area contributed by atoms with E-state index in [1.807, 2.05) is 4.68 Å². The second-order valence-corrected chi connectivity index (χ2v) is 4.30. The van der Waals surface area contributed by atoms with E-state index in [1.165, 1.54) is 0 Å². The molecule has 3 rings (SSSR count). The van der Waals surface area contributed by atoms with Gasteiger partial charge in [-0.25, -0.2) is 4.68 Å². The molecule has 1 aromatic heterocycles. The van der Waals surface area contributed by atoms with Crippen molar-refractivity contribution in [2.75, 3.05) is 18.5 Å². The van der Waals surface area contributed by atoms with E-state index in [-0.39, 0.29) is 6.10 Å². The second-order valence-electron chi connectivity index (χ2n) is 4.30. The Morgan fingerprint density at radius 2 is 2.40 bits per heavy atom. The molecule has 1 N–H and O–H groups in total. The second kappa shape index (κ2) is 3.48. The van der Waals surface area contributed by atoms with Gasteiger partial charge in [0.05, 0.1) is 6.04 Å². The van der Waals surface area contributed by atoms with Gasteiger partial charge in [-0.1, -0.05) is 0 Å². The number of hydrogen-bond donors (Lipinski definition) is 1. The van der Waals surface area contributed by atoms with E-state index in [1.54, 1.807) is 0 Å². The maximum atomic E-state index is 5.59. The minimum Gasteiger partial charge on any atom is -0.370 e. The van der Waals surface area contributed by atoms with Gasteiger partial charge >= 0.3 is 0 Å². The van der Waals surface area contributed by atoms with Crippen LogP contribution in [0.5, 0.6) is 0 Å². The normalized spacial score (nSPS) is 29.9. The molecule has 0 bridgehead atoms. The Balaban J connectivity index is 1.90. The first-order chi connectivity index (χ1) is 7.34. The highest BCUT2D eigenvalue weighted by molar-refractivity contribution is 5.28. The third kappa shape index (κ3) is 1.51. The molecular weight excluding hydrogens is 192 g/mol. The molecule has 0 aliphatic carbocycles. The van der Waals surface area contributed by atoms with Crippen LogP contribution in [-0.4, -0.2) is 27.9 Å². The van der Waals surface area contributed by atoms with Crippen molar-refractivity contribution >= 4 is 5.95 Å². The maximum absolute atomic E-state index is 5.59. The zero-order chi connectivity index (χ0) is 10.3. The number of nitrogens with one attached hydrogen (secondary N) is 1. The Hall–Kier alpha value is -1.10. The van der Waals surface area contributed by atoms with E-state index in [0.29, 0.717) is 6.04 Å². The van der Waals surface area contributed by atoms with Crippen molar-refractivity contribution in [2.45, 2.75) is 38.3 Å². The van der Waals surface area contributed by atoms with Crippen LogP contribution in [0, 0.1) is 0 Å². The monoisotopic (exact) mass is 208 g/mol. The lowest BCUT2D eigenvalue weighted by molar-refractivity contribution is 0.104. The Morgan fingerprint density at radius 3 is 3.13 bits per heavy atom. The largest absolute Gasteiger partial charge is 0.370 e. The van der Waals surface area contributed by atoms with Crippen molar-refractivity contribution in [1.82, 2.24) is 14.8 Å². The number of fused-ring (bicyclic) bond motifs is 1. The minimum absolute atomic E-state index is 0.122. The molecule has 2 aliphatic heterocycles. The number of hydrogen-bond acceptors (Lipinski definition) is 4. The predicted octanol–water partition coefficient (Wildman–Crippen LogP) is 1.51. The molecule has 1 fully saturated rings. The van der Waals surface area contributed by atoms with Crippen molar-refractivity contribution in [3.63, 3.8) is 0 Å². The third-order valence-corrected chi connectivity index (χ3v) is 3.13. The van der Waals surface area contributed by atoms with Crippen LogP contribution in [0.15, 0.2) is 0 Å². The number of ether oxygens (including phenoxy) is 1. The van der Waals surface area contributed by atoms with Crippen LogP contribution in [0.25, 0.3) is 0 Å². The first-order valence-corrected chi connectivity index (χ1v) is 5.66.